The van der Waals surface area contributed by atoms with E-state index in [2.05, 4.69) is 9.97 Å². The molecule has 3 heterocycles. The number of imide groups is 1. The Kier molecular flexibility index (Phi) is 4.92. The molecule has 36 heavy (non-hydrogen) atoms. The number of nitrogens with one attached hydrogen (secondary N) is 1. The Morgan fingerprint density at radius 1 is 0.778 bits per heavy atom. The molecule has 2 aromatic heterocycles. The maximum Gasteiger partial charge on any atom is 0.330 e. The maximum absolute atomic E-state index is 12.9. The summed E-state index contributed by atoms with van der Waals surface area (Å²) in [5.74, 6) is -0.616. The fraction of sp³-hybridized carbons (Fsp3) is 0.148. The van der Waals surface area contributed by atoms with Crippen molar-refractivity contribution in [2.45, 2.75) is 26.6 Å². The molecule has 0 atom stereocenters. The third-order valence-corrected chi connectivity index (χ3v) is 6.74. The van der Waals surface area contributed by atoms with Crippen LogP contribution in [-0.4, -0.2) is 35.8 Å². The van der Waals surface area contributed by atoms with E-state index < -0.39 is 11.2 Å². The topological polar surface area (TPSA) is 110 Å². The van der Waals surface area contributed by atoms with Crippen molar-refractivity contribution in [3.05, 3.63) is 110 Å². The Morgan fingerprint density at radius 3 is 1.97 bits per heavy atom. The van der Waals surface area contributed by atoms with Crippen LogP contribution in [0.4, 0.5) is 0 Å². The Morgan fingerprint density at radius 2 is 1.36 bits per heavy atom. The number of aromatic amines is 1. The van der Waals surface area contributed by atoms with Crippen LogP contribution in [0.25, 0.3) is 21.9 Å². The number of carbonyl (C=O) groups is 2. The van der Waals surface area contributed by atoms with Gasteiger partial charge in [0, 0.05) is 6.54 Å². The van der Waals surface area contributed by atoms with E-state index in [1.165, 1.54) is 9.47 Å². The summed E-state index contributed by atoms with van der Waals surface area (Å²) >= 11 is 0. The number of imidazole rings is 1. The summed E-state index contributed by atoms with van der Waals surface area (Å²) in [4.78, 5) is 59.0. The molecule has 0 radical (unpaired) electrons. The van der Waals surface area contributed by atoms with Crippen molar-refractivity contribution < 1.29 is 9.59 Å². The van der Waals surface area contributed by atoms with Crippen LogP contribution in [0.3, 0.4) is 0 Å². The number of nitrogens with zero attached hydrogens (tertiary/aromatic N) is 4. The molecule has 6 rings (SSSR count). The molecule has 0 aliphatic carbocycles. The molecule has 0 spiro atoms. The average molecular weight is 479 g/mol. The van der Waals surface area contributed by atoms with E-state index in [4.69, 9.17) is 0 Å². The molecule has 0 saturated carbocycles. The largest absolute Gasteiger partial charge is 0.330 e. The molecule has 178 valence electrons. The Bertz CT molecular complexity index is 1790. The van der Waals surface area contributed by atoms with Gasteiger partial charge < -0.3 is 4.57 Å². The van der Waals surface area contributed by atoms with E-state index >= 15 is 0 Å². The summed E-state index contributed by atoms with van der Waals surface area (Å²) in [5, 5.41) is 1.76. The zero-order chi connectivity index (χ0) is 25.0. The van der Waals surface area contributed by atoms with Gasteiger partial charge in [-0.05, 0) is 41.0 Å². The average Bonchev–Trinajstić information content (AvgIpc) is 3.43. The Hall–Kier alpha value is -4.79. The minimum Gasteiger partial charge on any atom is -0.325 e. The summed E-state index contributed by atoms with van der Waals surface area (Å²) in [6, 6.07) is 18.3. The van der Waals surface area contributed by atoms with E-state index in [0.29, 0.717) is 28.8 Å². The molecular formula is C27H21N5O4. The van der Waals surface area contributed by atoms with E-state index in [-0.39, 0.29) is 24.9 Å². The normalized spacial score (nSPS) is 13.2. The molecule has 1 aliphatic heterocycles. The number of H-pyrrole nitrogens is 1. The molecule has 0 unspecified atom stereocenters. The number of hydrogen-bond acceptors (Lipinski definition) is 5. The fourth-order valence-corrected chi connectivity index (χ4v) is 4.93. The van der Waals surface area contributed by atoms with Gasteiger partial charge in [0.25, 0.3) is 17.4 Å². The highest BCUT2D eigenvalue weighted by atomic mass is 16.2. The zero-order valence-electron chi connectivity index (χ0n) is 19.4. The van der Waals surface area contributed by atoms with E-state index in [0.717, 1.165) is 21.9 Å². The van der Waals surface area contributed by atoms with Crippen LogP contribution >= 0.6 is 0 Å². The van der Waals surface area contributed by atoms with Gasteiger partial charge in [0.05, 0.1) is 30.5 Å². The number of fused-ring (bicyclic) bond motifs is 3. The molecule has 1 N–H and O–H groups in total. The minimum atomic E-state index is -0.534. The number of aromatic nitrogens is 4. The summed E-state index contributed by atoms with van der Waals surface area (Å²) in [6.45, 7) is 2.78. The number of amides is 2. The summed E-state index contributed by atoms with van der Waals surface area (Å²) in [5.41, 5.74) is 2.16. The second kappa shape index (κ2) is 8.16. The van der Waals surface area contributed by atoms with Gasteiger partial charge in [0.15, 0.2) is 11.2 Å². The van der Waals surface area contributed by atoms with Gasteiger partial charge in [-0.2, -0.15) is 0 Å². The molecular weight excluding hydrogens is 458 g/mol. The van der Waals surface area contributed by atoms with E-state index in [1.807, 2.05) is 43.3 Å². The van der Waals surface area contributed by atoms with E-state index in [9.17, 15) is 19.2 Å². The van der Waals surface area contributed by atoms with Gasteiger partial charge in [0.2, 0.25) is 0 Å². The van der Waals surface area contributed by atoms with Gasteiger partial charge in [0.1, 0.15) is 0 Å². The Labute approximate surface area is 204 Å². The van der Waals surface area contributed by atoms with Crippen LogP contribution in [0, 0.1) is 0 Å². The van der Waals surface area contributed by atoms with Crippen molar-refractivity contribution in [1.82, 2.24) is 24.0 Å². The lowest BCUT2D eigenvalue weighted by Crippen LogP contribution is -2.31. The molecule has 2 amide bonds. The van der Waals surface area contributed by atoms with Crippen LogP contribution in [0.2, 0.25) is 0 Å². The first-order chi connectivity index (χ1) is 17.5. The van der Waals surface area contributed by atoms with Crippen molar-refractivity contribution in [2.75, 3.05) is 0 Å². The number of carbonyl (C=O) groups excluding carboxylic acids is 2. The molecule has 3 aromatic carbocycles. The lowest BCUT2D eigenvalue weighted by molar-refractivity contribution is 0.0643. The lowest BCUT2D eigenvalue weighted by Gasteiger charge is -2.17. The van der Waals surface area contributed by atoms with Gasteiger partial charge in [-0.1, -0.05) is 48.5 Å². The van der Waals surface area contributed by atoms with Crippen LogP contribution in [0.5, 0.6) is 0 Å². The summed E-state index contributed by atoms with van der Waals surface area (Å²) in [7, 11) is 0. The van der Waals surface area contributed by atoms with Crippen LogP contribution < -0.4 is 11.2 Å². The number of aryl methyl sites for hydroxylation is 1. The first-order valence-corrected chi connectivity index (χ1v) is 11.6. The molecule has 9 nitrogen and oxygen atoms in total. The smallest absolute Gasteiger partial charge is 0.325 e. The fourth-order valence-electron chi connectivity index (χ4n) is 4.93. The van der Waals surface area contributed by atoms with Gasteiger partial charge in [-0.25, -0.2) is 9.78 Å². The zero-order valence-corrected chi connectivity index (χ0v) is 19.4. The second-order valence-electron chi connectivity index (χ2n) is 8.72. The second-order valence-corrected chi connectivity index (χ2v) is 8.72. The van der Waals surface area contributed by atoms with Crippen LogP contribution in [-0.2, 0) is 19.6 Å². The summed E-state index contributed by atoms with van der Waals surface area (Å²) < 4.78 is 3.15. The predicted octanol–water partition coefficient (Wildman–Crippen LogP) is 2.90. The van der Waals surface area contributed by atoms with Crippen molar-refractivity contribution in [1.29, 1.82) is 0 Å². The molecule has 5 aromatic rings. The predicted molar refractivity (Wildman–Crippen MR) is 134 cm³/mol. The number of rotatable bonds is 5. The van der Waals surface area contributed by atoms with Gasteiger partial charge in [-0.3, -0.25) is 28.8 Å². The lowest BCUT2D eigenvalue weighted by atomic mass is 9.99. The maximum atomic E-state index is 12.9. The molecule has 0 fully saturated rings. The highest BCUT2D eigenvalue weighted by Crippen LogP contribution is 2.29. The summed E-state index contributed by atoms with van der Waals surface area (Å²) in [6.07, 6.45) is 1.55. The molecule has 1 aliphatic rings. The number of benzene rings is 3. The van der Waals surface area contributed by atoms with Crippen molar-refractivity contribution in [3.8, 4) is 0 Å². The standard InChI is InChI=1S/C27H21N5O4/c1-2-30-15-28-23-22(30)24(33)29-27(36)31(23)13-16-11-12-17(19-8-4-3-7-18(16)19)14-32-25(34)20-9-5-6-10-21(20)26(32)35/h3-12,15H,2,13-14H2,1H3,(H,29,33,36). The monoisotopic (exact) mass is 479 g/mol. The molecule has 9 heteroatoms. The Balaban J connectivity index is 1.42. The highest BCUT2D eigenvalue weighted by molar-refractivity contribution is 6.21. The van der Waals surface area contributed by atoms with Crippen molar-refractivity contribution in [2.24, 2.45) is 0 Å². The molecule has 0 saturated heterocycles. The van der Waals surface area contributed by atoms with Crippen LogP contribution in [0.1, 0.15) is 38.8 Å². The van der Waals surface area contributed by atoms with E-state index in [1.54, 1.807) is 35.2 Å². The SMILES string of the molecule is CCn1cnc2c1c(=O)[nH]c(=O)n2Cc1ccc(CN2C(=O)c3ccccc3C2=O)c2ccccc12. The highest BCUT2D eigenvalue weighted by Gasteiger charge is 2.35. The third-order valence-electron chi connectivity index (χ3n) is 6.74. The first kappa shape index (κ1) is 21.7. The molecule has 0 bridgehead atoms. The number of hydrogen-bond donors (Lipinski definition) is 1. The minimum absolute atomic E-state index is 0.136. The first-order valence-electron chi connectivity index (χ1n) is 11.6. The third kappa shape index (κ3) is 3.20. The van der Waals surface area contributed by atoms with Gasteiger partial charge >= 0.3 is 5.69 Å². The van der Waals surface area contributed by atoms with Crippen molar-refractivity contribution >= 4 is 33.8 Å². The van der Waals surface area contributed by atoms with Crippen LogP contribution in [0.15, 0.2) is 76.6 Å². The quantitative estimate of drug-likeness (QED) is 0.390. The van der Waals surface area contributed by atoms with Crippen molar-refractivity contribution in [3.63, 3.8) is 0 Å². The van der Waals surface area contributed by atoms with Gasteiger partial charge in [-0.15, -0.1) is 0 Å².